The molecule has 3 heterocycles. The van der Waals surface area contributed by atoms with Crippen molar-refractivity contribution >= 4 is 22.4 Å². The van der Waals surface area contributed by atoms with E-state index in [2.05, 4.69) is 34.0 Å². The molecule has 0 saturated carbocycles. The van der Waals surface area contributed by atoms with Crippen LogP contribution in [0.2, 0.25) is 0 Å². The number of nitrogens with zero attached hydrogens (tertiary/aromatic N) is 6. The Balaban J connectivity index is 1.58. The Kier molecular flexibility index (Phi) is 4.84. The van der Waals surface area contributed by atoms with E-state index in [0.717, 1.165) is 36.1 Å². The molecular weight excluding hydrogens is 324 g/mol. The lowest BCUT2D eigenvalue weighted by molar-refractivity contribution is 0.0702. The smallest absolute Gasteiger partial charge is 0.274 e. The van der Waals surface area contributed by atoms with Crippen molar-refractivity contribution in [2.45, 2.75) is 38.6 Å². The number of carbonyl (C=O) groups is 1. The number of hydrogen-bond acceptors (Lipinski definition) is 6. The first-order valence-corrected chi connectivity index (χ1v) is 9.12. The summed E-state index contributed by atoms with van der Waals surface area (Å²) < 4.78 is 1.66. The Morgan fingerprint density at radius 1 is 1.33 bits per heavy atom. The summed E-state index contributed by atoms with van der Waals surface area (Å²) in [5, 5.41) is 14.9. The lowest BCUT2D eigenvalue weighted by Crippen LogP contribution is -2.45. The van der Waals surface area contributed by atoms with Gasteiger partial charge in [0, 0.05) is 45.3 Å². The zero-order chi connectivity index (χ0) is 17.3. The van der Waals surface area contributed by atoms with Crippen LogP contribution in [0.15, 0.2) is 12.3 Å². The van der Waals surface area contributed by atoms with Gasteiger partial charge in [-0.1, -0.05) is 25.2 Å². The first kappa shape index (κ1) is 16.9. The number of carbonyl (C=O) groups excluding carboxylic acids is 1. The van der Waals surface area contributed by atoms with Gasteiger partial charge in [0.1, 0.15) is 10.7 Å². The van der Waals surface area contributed by atoms with Crippen molar-refractivity contribution < 1.29 is 4.79 Å². The molecule has 0 radical (unpaired) electrons. The molecule has 7 nitrogen and oxygen atoms in total. The van der Waals surface area contributed by atoms with E-state index in [1.807, 2.05) is 19.0 Å². The normalized spacial score (nSPS) is 16.0. The SMILES string of the molecule is CC(C)c1nnc(N2CCC(N(C)C(=O)c3ccn(C)n3)CC2)s1. The van der Waals surface area contributed by atoms with E-state index in [1.165, 1.54) is 0 Å². The molecule has 0 bridgehead atoms. The van der Waals surface area contributed by atoms with E-state index in [-0.39, 0.29) is 11.9 Å². The quantitative estimate of drug-likeness (QED) is 0.847. The van der Waals surface area contributed by atoms with Gasteiger partial charge in [-0.2, -0.15) is 5.10 Å². The standard InChI is InChI=1S/C16H24N6OS/c1-11(2)14-17-18-16(24-14)22-9-5-12(6-10-22)21(4)15(23)13-7-8-20(3)19-13/h7-8,11-12H,5-6,9-10H2,1-4H3. The highest BCUT2D eigenvalue weighted by Crippen LogP contribution is 2.28. The van der Waals surface area contributed by atoms with Crippen LogP contribution in [0.4, 0.5) is 5.13 Å². The van der Waals surface area contributed by atoms with Gasteiger partial charge in [0.15, 0.2) is 0 Å². The molecule has 24 heavy (non-hydrogen) atoms. The van der Waals surface area contributed by atoms with Crippen LogP contribution in [0.1, 0.15) is 48.1 Å². The molecule has 1 aliphatic rings. The van der Waals surface area contributed by atoms with Crippen LogP contribution < -0.4 is 4.90 Å². The Hall–Kier alpha value is -1.96. The fourth-order valence-electron chi connectivity index (χ4n) is 2.91. The molecule has 0 N–H and O–H groups in total. The molecule has 0 unspecified atom stereocenters. The summed E-state index contributed by atoms with van der Waals surface area (Å²) in [6, 6.07) is 2.01. The second kappa shape index (κ2) is 6.88. The van der Waals surface area contributed by atoms with Crippen LogP contribution in [0.3, 0.4) is 0 Å². The van der Waals surface area contributed by atoms with E-state index in [0.29, 0.717) is 11.6 Å². The highest BCUT2D eigenvalue weighted by atomic mass is 32.1. The molecule has 1 fully saturated rings. The Morgan fingerprint density at radius 3 is 2.58 bits per heavy atom. The number of piperidine rings is 1. The number of amides is 1. The van der Waals surface area contributed by atoms with Crippen molar-refractivity contribution in [1.82, 2.24) is 24.9 Å². The van der Waals surface area contributed by atoms with Crippen molar-refractivity contribution in [3.63, 3.8) is 0 Å². The molecule has 1 aliphatic heterocycles. The van der Waals surface area contributed by atoms with Gasteiger partial charge in [0.2, 0.25) is 5.13 Å². The summed E-state index contributed by atoms with van der Waals surface area (Å²) in [7, 11) is 3.70. The summed E-state index contributed by atoms with van der Waals surface area (Å²) in [6.45, 7) is 6.07. The lowest BCUT2D eigenvalue weighted by atomic mass is 10.0. The van der Waals surface area contributed by atoms with E-state index in [9.17, 15) is 4.79 Å². The van der Waals surface area contributed by atoms with Gasteiger partial charge in [-0.25, -0.2) is 0 Å². The molecule has 0 aromatic carbocycles. The largest absolute Gasteiger partial charge is 0.347 e. The number of aryl methyl sites for hydroxylation is 1. The van der Waals surface area contributed by atoms with Crippen LogP contribution in [0.5, 0.6) is 0 Å². The van der Waals surface area contributed by atoms with Crippen molar-refractivity contribution in [1.29, 1.82) is 0 Å². The zero-order valence-electron chi connectivity index (χ0n) is 14.6. The molecule has 2 aromatic heterocycles. The van der Waals surface area contributed by atoms with Crippen molar-refractivity contribution in [2.24, 2.45) is 7.05 Å². The monoisotopic (exact) mass is 348 g/mol. The van der Waals surface area contributed by atoms with Gasteiger partial charge < -0.3 is 9.80 Å². The molecule has 2 aromatic rings. The molecule has 0 spiro atoms. The predicted octanol–water partition coefficient (Wildman–Crippen LogP) is 2.14. The summed E-state index contributed by atoms with van der Waals surface area (Å²) in [5.41, 5.74) is 0.508. The maximum absolute atomic E-state index is 12.5. The first-order valence-electron chi connectivity index (χ1n) is 8.31. The van der Waals surface area contributed by atoms with Gasteiger partial charge in [0.25, 0.3) is 5.91 Å². The van der Waals surface area contributed by atoms with Crippen LogP contribution in [-0.2, 0) is 7.05 Å². The van der Waals surface area contributed by atoms with E-state index < -0.39 is 0 Å². The highest BCUT2D eigenvalue weighted by molar-refractivity contribution is 7.15. The second-order valence-corrected chi connectivity index (χ2v) is 7.57. The molecule has 0 atom stereocenters. The van der Waals surface area contributed by atoms with Gasteiger partial charge in [0.05, 0.1) is 0 Å². The highest BCUT2D eigenvalue weighted by Gasteiger charge is 2.28. The topological polar surface area (TPSA) is 67.2 Å². The number of hydrogen-bond donors (Lipinski definition) is 0. The van der Waals surface area contributed by atoms with Crippen molar-refractivity contribution in [2.75, 3.05) is 25.0 Å². The molecule has 130 valence electrons. The minimum atomic E-state index is -0.00735. The summed E-state index contributed by atoms with van der Waals surface area (Å²) >= 11 is 1.67. The predicted molar refractivity (Wildman–Crippen MR) is 94.5 cm³/mol. The number of aromatic nitrogens is 4. The maximum Gasteiger partial charge on any atom is 0.274 e. The summed E-state index contributed by atoms with van der Waals surface area (Å²) in [6.07, 6.45) is 3.67. The third-order valence-electron chi connectivity index (χ3n) is 4.46. The average Bonchev–Trinajstić information content (AvgIpc) is 3.23. The second-order valence-electron chi connectivity index (χ2n) is 6.59. The summed E-state index contributed by atoms with van der Waals surface area (Å²) in [4.78, 5) is 16.6. The fourth-order valence-corrected chi connectivity index (χ4v) is 3.81. The average molecular weight is 348 g/mol. The third kappa shape index (κ3) is 3.43. The number of anilines is 1. The van der Waals surface area contributed by atoms with E-state index >= 15 is 0 Å². The third-order valence-corrected chi connectivity index (χ3v) is 5.74. The van der Waals surface area contributed by atoms with Crippen LogP contribution in [0, 0.1) is 0 Å². The van der Waals surface area contributed by atoms with Gasteiger partial charge in [-0.3, -0.25) is 9.48 Å². The molecule has 0 aliphatic carbocycles. The van der Waals surface area contributed by atoms with Crippen molar-refractivity contribution in [3.8, 4) is 0 Å². The van der Waals surface area contributed by atoms with Gasteiger partial charge in [-0.05, 0) is 18.9 Å². The first-order chi connectivity index (χ1) is 11.5. The Morgan fingerprint density at radius 2 is 2.04 bits per heavy atom. The number of rotatable bonds is 4. The van der Waals surface area contributed by atoms with Crippen LogP contribution in [-0.4, -0.2) is 57.0 Å². The fraction of sp³-hybridized carbons (Fsp3) is 0.625. The molecule has 8 heteroatoms. The van der Waals surface area contributed by atoms with E-state index in [1.54, 1.807) is 28.3 Å². The summed E-state index contributed by atoms with van der Waals surface area (Å²) in [5.74, 6) is 0.406. The Labute approximate surface area is 146 Å². The van der Waals surface area contributed by atoms with Gasteiger partial charge >= 0.3 is 0 Å². The van der Waals surface area contributed by atoms with Crippen LogP contribution in [0.25, 0.3) is 0 Å². The molecular formula is C16H24N6OS. The molecule has 3 rings (SSSR count). The zero-order valence-corrected chi connectivity index (χ0v) is 15.5. The molecule has 1 amide bonds. The minimum absolute atomic E-state index is 0.00735. The van der Waals surface area contributed by atoms with Crippen LogP contribution >= 0.6 is 11.3 Å². The molecule has 1 saturated heterocycles. The Bertz CT molecular complexity index is 701. The maximum atomic E-state index is 12.5. The van der Waals surface area contributed by atoms with E-state index in [4.69, 9.17) is 0 Å². The van der Waals surface area contributed by atoms with Crippen molar-refractivity contribution in [3.05, 3.63) is 23.0 Å². The van der Waals surface area contributed by atoms with Gasteiger partial charge in [-0.15, -0.1) is 10.2 Å². The minimum Gasteiger partial charge on any atom is -0.347 e. The lowest BCUT2D eigenvalue weighted by Gasteiger charge is -2.36.